The summed E-state index contributed by atoms with van der Waals surface area (Å²) >= 11 is 0. The molecule has 37 heavy (non-hydrogen) atoms. The summed E-state index contributed by atoms with van der Waals surface area (Å²) < 4.78 is 10.8. The second-order valence-electron chi connectivity index (χ2n) is 8.71. The van der Waals surface area contributed by atoms with Crippen LogP contribution in [0.25, 0.3) is 16.7 Å². The van der Waals surface area contributed by atoms with Crippen LogP contribution in [0.15, 0.2) is 78.8 Å². The van der Waals surface area contributed by atoms with Crippen LogP contribution in [0.4, 0.5) is 0 Å². The summed E-state index contributed by atoms with van der Waals surface area (Å²) in [5.41, 5.74) is 3.07. The Morgan fingerprint density at radius 3 is 2.59 bits per heavy atom. The summed E-state index contributed by atoms with van der Waals surface area (Å²) in [5, 5.41) is 12.2. The largest absolute Gasteiger partial charge is 0.507 e. The van der Waals surface area contributed by atoms with E-state index in [1.165, 1.54) is 4.90 Å². The third-order valence-corrected chi connectivity index (χ3v) is 6.58. The molecule has 0 spiro atoms. The number of pyridine rings is 1. The smallest absolute Gasteiger partial charge is 0.295 e. The highest BCUT2D eigenvalue weighted by Gasteiger charge is 2.46. The average molecular weight is 498 g/mol. The second kappa shape index (κ2) is 10.2. The number of likely N-dealkylation sites (tertiary alicyclic amines) is 1. The third kappa shape index (κ3) is 4.53. The van der Waals surface area contributed by atoms with E-state index in [9.17, 15) is 14.7 Å². The standard InChI is InChI=1S/C29H27N3O5/c1-3-37-21-8-6-18(7-9-21)27(33)25-26(20-5-4-13-30-16-20)32(29(35)28(25)34)14-12-19-17-31-24-11-10-22(36-2)15-23(19)24/h4-11,13,15-17,26,31,33H,3,12,14H2,1-2H3/t26-/m0/s1. The van der Waals surface area contributed by atoms with E-state index in [1.807, 2.05) is 31.3 Å². The van der Waals surface area contributed by atoms with Crippen molar-refractivity contribution >= 4 is 28.4 Å². The molecule has 188 valence electrons. The molecule has 0 bridgehead atoms. The first-order valence-electron chi connectivity index (χ1n) is 12.1. The van der Waals surface area contributed by atoms with Crippen molar-refractivity contribution in [2.75, 3.05) is 20.3 Å². The molecular weight excluding hydrogens is 470 g/mol. The molecule has 1 aliphatic heterocycles. The first-order chi connectivity index (χ1) is 18.0. The lowest BCUT2D eigenvalue weighted by Crippen LogP contribution is -2.31. The number of hydrogen-bond donors (Lipinski definition) is 2. The summed E-state index contributed by atoms with van der Waals surface area (Å²) in [6.07, 6.45) is 5.65. The number of benzene rings is 2. The Balaban J connectivity index is 1.51. The highest BCUT2D eigenvalue weighted by Crippen LogP contribution is 2.39. The molecule has 1 saturated heterocycles. The molecule has 2 aromatic heterocycles. The number of aromatic nitrogens is 2. The van der Waals surface area contributed by atoms with Crippen molar-refractivity contribution in [2.24, 2.45) is 0 Å². The van der Waals surface area contributed by atoms with E-state index in [4.69, 9.17) is 9.47 Å². The lowest BCUT2D eigenvalue weighted by molar-refractivity contribution is -0.139. The van der Waals surface area contributed by atoms with Crippen LogP contribution in [0.1, 0.15) is 29.7 Å². The van der Waals surface area contributed by atoms with E-state index in [2.05, 4.69) is 9.97 Å². The Morgan fingerprint density at radius 2 is 1.89 bits per heavy atom. The van der Waals surface area contributed by atoms with Gasteiger partial charge in [0.15, 0.2) is 0 Å². The highest BCUT2D eigenvalue weighted by molar-refractivity contribution is 6.46. The molecule has 1 amide bonds. The SMILES string of the molecule is CCOc1ccc(C(O)=C2C(=O)C(=O)N(CCc3c[nH]c4ccc(OC)cc34)[C@H]2c2cccnc2)cc1. The summed E-state index contributed by atoms with van der Waals surface area (Å²) in [6.45, 7) is 2.67. The number of ketones is 1. The van der Waals surface area contributed by atoms with Crippen molar-refractivity contribution in [3.05, 3.63) is 95.5 Å². The van der Waals surface area contributed by atoms with Gasteiger partial charge in [0.1, 0.15) is 17.3 Å². The number of ether oxygens (including phenoxy) is 2. The summed E-state index contributed by atoms with van der Waals surface area (Å²) in [5.74, 6) is -0.215. The Kier molecular flexibility index (Phi) is 6.64. The molecular formula is C29H27N3O5. The normalized spacial score (nSPS) is 16.9. The number of aromatic amines is 1. The monoisotopic (exact) mass is 497 g/mol. The van der Waals surface area contributed by atoms with Crippen molar-refractivity contribution in [2.45, 2.75) is 19.4 Å². The van der Waals surface area contributed by atoms with Crippen molar-refractivity contribution in [1.82, 2.24) is 14.9 Å². The van der Waals surface area contributed by atoms with Crippen molar-refractivity contribution in [3.8, 4) is 11.5 Å². The van der Waals surface area contributed by atoms with Gasteiger partial charge in [-0.05, 0) is 73.0 Å². The maximum absolute atomic E-state index is 13.3. The number of fused-ring (bicyclic) bond motifs is 1. The van der Waals surface area contributed by atoms with Crippen LogP contribution in [0.3, 0.4) is 0 Å². The lowest BCUT2D eigenvalue weighted by Gasteiger charge is -2.25. The summed E-state index contributed by atoms with van der Waals surface area (Å²) in [4.78, 5) is 35.5. The average Bonchev–Trinajstić information content (AvgIpc) is 3.45. The van der Waals surface area contributed by atoms with E-state index in [1.54, 1.807) is 55.9 Å². The van der Waals surface area contributed by atoms with Crippen molar-refractivity contribution in [1.29, 1.82) is 0 Å². The molecule has 0 saturated carbocycles. The molecule has 1 fully saturated rings. The number of rotatable bonds is 8. The predicted molar refractivity (Wildman–Crippen MR) is 139 cm³/mol. The maximum Gasteiger partial charge on any atom is 0.295 e. The number of methoxy groups -OCH3 is 1. The molecule has 1 aliphatic rings. The molecule has 0 aliphatic carbocycles. The number of carbonyl (C=O) groups excluding carboxylic acids is 2. The van der Waals surface area contributed by atoms with E-state index >= 15 is 0 Å². The molecule has 2 aromatic carbocycles. The minimum absolute atomic E-state index is 0.0442. The van der Waals surface area contributed by atoms with Gasteiger partial charge in [-0.1, -0.05) is 6.07 Å². The van der Waals surface area contributed by atoms with E-state index in [0.717, 1.165) is 22.2 Å². The zero-order valence-electron chi connectivity index (χ0n) is 20.6. The number of aliphatic hydroxyl groups excluding tert-OH is 1. The molecule has 2 N–H and O–H groups in total. The molecule has 4 aromatic rings. The van der Waals surface area contributed by atoms with Crippen LogP contribution in [0.5, 0.6) is 11.5 Å². The van der Waals surface area contributed by atoms with Gasteiger partial charge in [-0.15, -0.1) is 0 Å². The van der Waals surface area contributed by atoms with Gasteiger partial charge in [0, 0.05) is 41.6 Å². The van der Waals surface area contributed by atoms with Gasteiger partial charge in [-0.2, -0.15) is 0 Å². The Labute approximate surface area is 214 Å². The molecule has 8 nitrogen and oxygen atoms in total. The van der Waals surface area contributed by atoms with Crippen LogP contribution in [-0.4, -0.2) is 51.9 Å². The fourth-order valence-corrected chi connectivity index (χ4v) is 4.76. The molecule has 0 radical (unpaired) electrons. The maximum atomic E-state index is 13.3. The number of carbonyl (C=O) groups is 2. The highest BCUT2D eigenvalue weighted by atomic mass is 16.5. The van der Waals surface area contributed by atoms with Crippen molar-refractivity contribution in [3.63, 3.8) is 0 Å². The molecule has 8 heteroatoms. The Bertz CT molecular complexity index is 1470. The van der Waals surface area contributed by atoms with Gasteiger partial charge in [0.05, 0.1) is 25.3 Å². The fourth-order valence-electron chi connectivity index (χ4n) is 4.76. The second-order valence-corrected chi connectivity index (χ2v) is 8.71. The van der Waals surface area contributed by atoms with Gasteiger partial charge < -0.3 is 24.5 Å². The molecule has 3 heterocycles. The van der Waals surface area contributed by atoms with Crippen LogP contribution in [0, 0.1) is 0 Å². The van der Waals surface area contributed by atoms with E-state index < -0.39 is 17.7 Å². The van der Waals surface area contributed by atoms with Gasteiger partial charge >= 0.3 is 0 Å². The van der Waals surface area contributed by atoms with Gasteiger partial charge in [-0.25, -0.2) is 0 Å². The molecule has 1 atom stereocenters. The first kappa shape index (κ1) is 24.1. The fraction of sp³-hybridized carbons (Fsp3) is 0.207. The Hall–Kier alpha value is -4.59. The number of nitrogens with one attached hydrogen (secondary N) is 1. The minimum Gasteiger partial charge on any atom is -0.507 e. The van der Waals surface area contributed by atoms with Crippen LogP contribution in [0.2, 0.25) is 0 Å². The number of aliphatic hydroxyl groups is 1. The number of H-pyrrole nitrogens is 1. The number of Topliss-reactive ketones (excluding diaryl/α,β-unsaturated/α-hetero) is 1. The van der Waals surface area contributed by atoms with Gasteiger partial charge in [0.25, 0.3) is 11.7 Å². The topological polar surface area (TPSA) is 105 Å². The number of hydrogen-bond acceptors (Lipinski definition) is 6. The van der Waals surface area contributed by atoms with E-state index in [0.29, 0.717) is 29.9 Å². The number of amides is 1. The summed E-state index contributed by atoms with van der Waals surface area (Å²) in [7, 11) is 1.62. The first-order valence-corrected chi connectivity index (χ1v) is 12.1. The zero-order chi connectivity index (χ0) is 25.9. The molecule has 5 rings (SSSR count). The van der Waals surface area contributed by atoms with E-state index in [-0.39, 0.29) is 17.9 Å². The predicted octanol–water partition coefficient (Wildman–Crippen LogP) is 4.63. The third-order valence-electron chi connectivity index (χ3n) is 6.58. The van der Waals surface area contributed by atoms with Gasteiger partial charge in [0.2, 0.25) is 0 Å². The van der Waals surface area contributed by atoms with Crippen LogP contribution < -0.4 is 9.47 Å². The quantitative estimate of drug-likeness (QED) is 0.209. The summed E-state index contributed by atoms with van der Waals surface area (Å²) in [6, 6.07) is 15.3. The number of nitrogens with zero attached hydrogens (tertiary/aromatic N) is 2. The van der Waals surface area contributed by atoms with Crippen LogP contribution in [-0.2, 0) is 16.0 Å². The Morgan fingerprint density at radius 1 is 1.11 bits per heavy atom. The van der Waals surface area contributed by atoms with Crippen molar-refractivity contribution < 1.29 is 24.2 Å². The lowest BCUT2D eigenvalue weighted by atomic mass is 9.96. The van der Waals surface area contributed by atoms with Crippen LogP contribution >= 0.6 is 0 Å². The minimum atomic E-state index is -0.764. The zero-order valence-corrected chi connectivity index (χ0v) is 20.6. The molecule has 0 unspecified atom stereocenters. The van der Waals surface area contributed by atoms with Gasteiger partial charge in [-0.3, -0.25) is 14.6 Å².